The van der Waals surface area contributed by atoms with Gasteiger partial charge in [0.1, 0.15) is 11.1 Å². The molecule has 1 aliphatic heterocycles. The van der Waals surface area contributed by atoms with Crippen molar-refractivity contribution in [3.8, 4) is 5.75 Å². The number of amides is 1. The summed E-state index contributed by atoms with van der Waals surface area (Å²) >= 11 is 13.9. The summed E-state index contributed by atoms with van der Waals surface area (Å²) in [4.78, 5) is 14.1. The van der Waals surface area contributed by atoms with E-state index in [1.165, 1.54) is 0 Å². The van der Waals surface area contributed by atoms with Gasteiger partial charge in [-0.05, 0) is 29.8 Å². The number of hydrogen-bond acceptors (Lipinski definition) is 3. The van der Waals surface area contributed by atoms with Crippen LogP contribution in [0.1, 0.15) is 16.5 Å². The second-order valence-electron chi connectivity index (χ2n) is 5.20. The topological polar surface area (TPSA) is 29.5 Å². The fraction of sp³-hybridized carbons (Fsp3) is 0.235. The molecule has 120 valence electrons. The molecule has 0 aromatic heterocycles. The summed E-state index contributed by atoms with van der Waals surface area (Å²) in [6.45, 7) is 0.541. The maximum atomic E-state index is 12.3. The normalized spacial score (nSPS) is 17.6. The van der Waals surface area contributed by atoms with Gasteiger partial charge in [-0.15, -0.1) is 11.8 Å². The molecular weight excluding hydrogens is 353 g/mol. The molecule has 1 aliphatic rings. The Kier molecular flexibility index (Phi) is 5.05. The van der Waals surface area contributed by atoms with Crippen molar-refractivity contribution < 1.29 is 9.53 Å². The summed E-state index contributed by atoms with van der Waals surface area (Å²) < 4.78 is 5.16. The highest BCUT2D eigenvalue weighted by Crippen LogP contribution is 2.42. The van der Waals surface area contributed by atoms with E-state index in [1.807, 2.05) is 35.2 Å². The van der Waals surface area contributed by atoms with Gasteiger partial charge in [-0.2, -0.15) is 0 Å². The number of carbonyl (C=O) groups is 1. The lowest BCUT2D eigenvalue weighted by molar-refractivity contribution is -0.128. The summed E-state index contributed by atoms with van der Waals surface area (Å²) in [6, 6.07) is 13.1. The first kappa shape index (κ1) is 16.5. The SMILES string of the molecule is COc1ccc(CN2C(=O)CS[C@H]2c2ccc(Cl)cc2Cl)cc1. The maximum Gasteiger partial charge on any atom is 0.234 e. The van der Waals surface area contributed by atoms with E-state index in [0.717, 1.165) is 16.9 Å². The summed E-state index contributed by atoms with van der Waals surface area (Å²) in [5, 5.41) is 1.09. The van der Waals surface area contributed by atoms with Gasteiger partial charge in [0.25, 0.3) is 0 Å². The van der Waals surface area contributed by atoms with E-state index in [1.54, 1.807) is 31.0 Å². The molecule has 1 saturated heterocycles. The second kappa shape index (κ2) is 7.04. The number of ether oxygens (including phenoxy) is 1. The van der Waals surface area contributed by atoms with E-state index < -0.39 is 0 Å². The van der Waals surface area contributed by atoms with Crippen LogP contribution in [0.5, 0.6) is 5.75 Å². The molecular formula is C17H15Cl2NO2S. The molecule has 0 saturated carbocycles. The Hall–Kier alpha value is -1.36. The standard InChI is InChI=1S/C17H15Cl2NO2S/c1-22-13-5-2-11(3-6-13)9-20-16(21)10-23-17(20)14-7-4-12(18)8-15(14)19/h2-8,17H,9-10H2,1H3/t17-/m0/s1. The van der Waals surface area contributed by atoms with Crippen LogP contribution < -0.4 is 4.74 Å². The Morgan fingerprint density at radius 2 is 1.96 bits per heavy atom. The number of halogens is 2. The molecule has 0 spiro atoms. The molecule has 3 nitrogen and oxygen atoms in total. The van der Waals surface area contributed by atoms with Crippen molar-refractivity contribution in [2.45, 2.75) is 11.9 Å². The maximum absolute atomic E-state index is 12.3. The molecule has 0 aliphatic carbocycles. The lowest BCUT2D eigenvalue weighted by Gasteiger charge is -2.25. The Morgan fingerprint density at radius 1 is 1.22 bits per heavy atom. The van der Waals surface area contributed by atoms with Crippen LogP contribution in [0, 0.1) is 0 Å². The average Bonchev–Trinajstić information content (AvgIpc) is 2.89. The first-order chi connectivity index (χ1) is 11.1. The van der Waals surface area contributed by atoms with E-state index in [0.29, 0.717) is 22.3 Å². The Balaban J connectivity index is 1.84. The van der Waals surface area contributed by atoms with Crippen molar-refractivity contribution in [2.75, 3.05) is 12.9 Å². The number of nitrogens with zero attached hydrogens (tertiary/aromatic N) is 1. The second-order valence-corrected chi connectivity index (χ2v) is 7.11. The zero-order chi connectivity index (χ0) is 16.4. The summed E-state index contributed by atoms with van der Waals surface area (Å²) in [5.74, 6) is 1.37. The van der Waals surface area contributed by atoms with E-state index in [-0.39, 0.29) is 11.3 Å². The molecule has 1 heterocycles. The monoisotopic (exact) mass is 367 g/mol. The molecule has 0 unspecified atom stereocenters. The van der Waals surface area contributed by atoms with Crippen molar-refractivity contribution in [2.24, 2.45) is 0 Å². The number of thioether (sulfide) groups is 1. The third-order valence-corrected chi connectivity index (χ3v) is 5.51. The van der Waals surface area contributed by atoms with E-state index in [9.17, 15) is 4.79 Å². The number of carbonyl (C=O) groups excluding carboxylic acids is 1. The predicted molar refractivity (Wildman–Crippen MR) is 95.2 cm³/mol. The first-order valence-corrected chi connectivity index (χ1v) is 8.88. The minimum Gasteiger partial charge on any atom is -0.497 e. The average molecular weight is 368 g/mol. The van der Waals surface area contributed by atoms with Crippen molar-refractivity contribution in [3.05, 3.63) is 63.6 Å². The van der Waals surface area contributed by atoms with Gasteiger partial charge in [-0.1, -0.05) is 41.4 Å². The molecule has 2 aromatic carbocycles. The van der Waals surface area contributed by atoms with Gasteiger partial charge in [0, 0.05) is 22.2 Å². The van der Waals surface area contributed by atoms with Gasteiger partial charge in [-0.3, -0.25) is 4.79 Å². The van der Waals surface area contributed by atoms with Crippen molar-refractivity contribution in [1.29, 1.82) is 0 Å². The van der Waals surface area contributed by atoms with Gasteiger partial charge < -0.3 is 9.64 Å². The van der Waals surface area contributed by atoms with E-state index >= 15 is 0 Å². The first-order valence-electron chi connectivity index (χ1n) is 7.07. The number of methoxy groups -OCH3 is 1. The Bertz CT molecular complexity index is 721. The van der Waals surface area contributed by atoms with Gasteiger partial charge in [0.05, 0.1) is 12.9 Å². The summed E-state index contributed by atoms with van der Waals surface area (Å²) in [5.41, 5.74) is 1.97. The van der Waals surface area contributed by atoms with Crippen LogP contribution in [-0.2, 0) is 11.3 Å². The molecule has 0 radical (unpaired) electrons. The number of rotatable bonds is 4. The van der Waals surface area contributed by atoms with E-state index in [2.05, 4.69) is 0 Å². The Labute approximate surface area is 149 Å². The van der Waals surface area contributed by atoms with Crippen molar-refractivity contribution >= 4 is 40.9 Å². The van der Waals surface area contributed by atoms with Crippen molar-refractivity contribution in [1.82, 2.24) is 4.90 Å². The third-order valence-electron chi connectivity index (χ3n) is 3.71. The van der Waals surface area contributed by atoms with Crippen LogP contribution in [-0.4, -0.2) is 23.7 Å². The van der Waals surface area contributed by atoms with E-state index in [4.69, 9.17) is 27.9 Å². The van der Waals surface area contributed by atoms with Gasteiger partial charge in [0.15, 0.2) is 0 Å². The quantitative estimate of drug-likeness (QED) is 0.778. The molecule has 6 heteroatoms. The van der Waals surface area contributed by atoms with Crippen LogP contribution in [0.3, 0.4) is 0 Å². The fourth-order valence-corrected chi connectivity index (χ4v) is 4.31. The van der Waals surface area contributed by atoms with Gasteiger partial charge in [-0.25, -0.2) is 0 Å². The molecule has 1 atom stereocenters. The smallest absolute Gasteiger partial charge is 0.234 e. The zero-order valence-corrected chi connectivity index (χ0v) is 14.8. The number of benzene rings is 2. The van der Waals surface area contributed by atoms with Crippen LogP contribution in [0.15, 0.2) is 42.5 Å². The lowest BCUT2D eigenvalue weighted by Crippen LogP contribution is -2.27. The largest absolute Gasteiger partial charge is 0.497 e. The zero-order valence-electron chi connectivity index (χ0n) is 12.5. The molecule has 1 fully saturated rings. The van der Waals surface area contributed by atoms with Crippen LogP contribution >= 0.6 is 35.0 Å². The summed E-state index contributed by atoms with van der Waals surface area (Å²) in [6.07, 6.45) is 0. The molecule has 2 aromatic rings. The minimum absolute atomic E-state index is 0.0885. The lowest BCUT2D eigenvalue weighted by atomic mass is 10.1. The highest BCUT2D eigenvalue weighted by Gasteiger charge is 2.33. The van der Waals surface area contributed by atoms with Gasteiger partial charge in [0.2, 0.25) is 5.91 Å². The molecule has 1 amide bonds. The van der Waals surface area contributed by atoms with Crippen molar-refractivity contribution in [3.63, 3.8) is 0 Å². The fourth-order valence-electron chi connectivity index (χ4n) is 2.51. The minimum atomic E-state index is -0.0885. The molecule has 0 N–H and O–H groups in total. The Morgan fingerprint density at radius 3 is 2.61 bits per heavy atom. The van der Waals surface area contributed by atoms with Crippen LogP contribution in [0.2, 0.25) is 10.0 Å². The number of hydrogen-bond donors (Lipinski definition) is 0. The molecule has 0 bridgehead atoms. The molecule has 3 rings (SSSR count). The highest BCUT2D eigenvalue weighted by atomic mass is 35.5. The van der Waals surface area contributed by atoms with Crippen LogP contribution in [0.4, 0.5) is 0 Å². The van der Waals surface area contributed by atoms with Crippen LogP contribution in [0.25, 0.3) is 0 Å². The summed E-state index contributed by atoms with van der Waals surface area (Å²) in [7, 11) is 1.63. The third kappa shape index (κ3) is 3.60. The van der Waals surface area contributed by atoms with Gasteiger partial charge >= 0.3 is 0 Å². The predicted octanol–water partition coefficient (Wildman–Crippen LogP) is 4.78. The highest BCUT2D eigenvalue weighted by molar-refractivity contribution is 8.00. The molecule has 23 heavy (non-hydrogen) atoms.